The average Bonchev–Trinajstić information content (AvgIpc) is 3.41. The summed E-state index contributed by atoms with van der Waals surface area (Å²) in [5, 5.41) is 0.510. The number of allylic oxidation sites excluding steroid dienone is 1. The second-order valence-electron chi connectivity index (χ2n) is 7.34. The van der Waals surface area contributed by atoms with Crippen LogP contribution in [0.5, 0.6) is 0 Å². The molecule has 0 aliphatic rings. The highest BCUT2D eigenvalue weighted by molar-refractivity contribution is 7.99. The van der Waals surface area contributed by atoms with Gasteiger partial charge in [0, 0.05) is 18.5 Å². The van der Waals surface area contributed by atoms with Crippen LogP contribution >= 0.6 is 23.1 Å². The molecule has 0 bridgehead atoms. The average molecular weight is 466 g/mol. The molecule has 0 radical (unpaired) electrons. The zero-order chi connectivity index (χ0) is 22.7. The number of thioether (sulfide) groups is 1. The molecule has 164 valence electrons. The van der Waals surface area contributed by atoms with Gasteiger partial charge in [0.25, 0.3) is 5.56 Å². The van der Waals surface area contributed by atoms with Crippen LogP contribution in [0.25, 0.3) is 20.7 Å². The van der Waals surface area contributed by atoms with Gasteiger partial charge < -0.3 is 9.32 Å². The fourth-order valence-corrected chi connectivity index (χ4v) is 5.26. The van der Waals surface area contributed by atoms with Gasteiger partial charge >= 0.3 is 0 Å². The molecule has 0 N–H and O–H groups in total. The molecule has 0 aliphatic carbocycles. The van der Waals surface area contributed by atoms with E-state index in [1.54, 1.807) is 22.6 Å². The number of amides is 1. The molecule has 0 unspecified atom stereocenters. The molecule has 4 aromatic rings. The first-order chi connectivity index (χ1) is 15.5. The SMILES string of the molecule is C=CCn1c(SCC(=O)N(C)Cc2ccc(C)o2)nc2cc(-c3ccccc3)sc2c1=O. The summed E-state index contributed by atoms with van der Waals surface area (Å²) in [6.07, 6.45) is 1.66. The Morgan fingerprint density at radius 2 is 2.06 bits per heavy atom. The summed E-state index contributed by atoms with van der Waals surface area (Å²) in [6, 6.07) is 15.6. The van der Waals surface area contributed by atoms with E-state index in [-0.39, 0.29) is 17.2 Å². The molecule has 0 aliphatic heterocycles. The molecule has 4 rings (SSSR count). The largest absolute Gasteiger partial charge is 0.464 e. The van der Waals surface area contributed by atoms with Crippen LogP contribution in [0.2, 0.25) is 0 Å². The minimum atomic E-state index is -0.114. The lowest BCUT2D eigenvalue weighted by molar-refractivity contribution is -0.127. The molecule has 0 spiro atoms. The molecule has 1 amide bonds. The Balaban J connectivity index is 1.58. The lowest BCUT2D eigenvalue weighted by Gasteiger charge is -2.16. The van der Waals surface area contributed by atoms with Crippen molar-refractivity contribution in [2.45, 2.75) is 25.2 Å². The van der Waals surface area contributed by atoms with Gasteiger partial charge in [0.15, 0.2) is 5.16 Å². The zero-order valence-electron chi connectivity index (χ0n) is 17.9. The summed E-state index contributed by atoms with van der Waals surface area (Å²) >= 11 is 2.69. The molecule has 32 heavy (non-hydrogen) atoms. The lowest BCUT2D eigenvalue weighted by atomic mass is 10.2. The topological polar surface area (TPSA) is 68.3 Å². The van der Waals surface area contributed by atoms with E-state index < -0.39 is 0 Å². The number of hydrogen-bond acceptors (Lipinski definition) is 6. The van der Waals surface area contributed by atoms with E-state index in [9.17, 15) is 9.59 Å². The van der Waals surface area contributed by atoms with E-state index in [0.29, 0.717) is 28.5 Å². The number of hydrogen-bond donors (Lipinski definition) is 0. The number of thiophene rings is 1. The van der Waals surface area contributed by atoms with Gasteiger partial charge in [-0.3, -0.25) is 14.2 Å². The number of benzene rings is 1. The van der Waals surface area contributed by atoms with Crippen molar-refractivity contribution in [1.82, 2.24) is 14.5 Å². The molecule has 0 saturated heterocycles. The van der Waals surface area contributed by atoms with Gasteiger partial charge in [-0.2, -0.15) is 0 Å². The number of nitrogens with zero attached hydrogens (tertiary/aromatic N) is 3. The third-order valence-electron chi connectivity index (χ3n) is 4.91. The number of carbonyl (C=O) groups excluding carboxylic acids is 1. The Labute approximate surface area is 194 Å². The van der Waals surface area contributed by atoms with E-state index in [4.69, 9.17) is 9.40 Å². The Morgan fingerprint density at radius 3 is 2.75 bits per heavy atom. The predicted molar refractivity (Wildman–Crippen MR) is 130 cm³/mol. The maximum atomic E-state index is 13.2. The second kappa shape index (κ2) is 9.58. The normalized spacial score (nSPS) is 11.1. The Hall–Kier alpha value is -3.10. The number of carbonyl (C=O) groups is 1. The van der Waals surface area contributed by atoms with E-state index >= 15 is 0 Å². The van der Waals surface area contributed by atoms with Crippen LogP contribution in [0.3, 0.4) is 0 Å². The van der Waals surface area contributed by atoms with Crippen LogP contribution in [0, 0.1) is 6.92 Å². The minimum absolute atomic E-state index is 0.0705. The van der Waals surface area contributed by atoms with Crippen molar-refractivity contribution in [3.05, 3.63) is 83.1 Å². The first kappa shape index (κ1) is 22.1. The Kier molecular flexibility index (Phi) is 6.62. The Morgan fingerprint density at radius 1 is 1.28 bits per heavy atom. The van der Waals surface area contributed by atoms with Crippen molar-refractivity contribution < 1.29 is 9.21 Å². The summed E-state index contributed by atoms with van der Waals surface area (Å²) in [6.45, 7) is 6.36. The van der Waals surface area contributed by atoms with Gasteiger partial charge in [-0.25, -0.2) is 4.98 Å². The number of furan rings is 1. The fourth-order valence-electron chi connectivity index (χ4n) is 3.26. The molecule has 3 heterocycles. The number of fused-ring (bicyclic) bond motifs is 1. The third kappa shape index (κ3) is 4.71. The summed E-state index contributed by atoms with van der Waals surface area (Å²) in [7, 11) is 1.74. The zero-order valence-corrected chi connectivity index (χ0v) is 19.5. The van der Waals surface area contributed by atoms with E-state index in [0.717, 1.165) is 22.0 Å². The maximum absolute atomic E-state index is 13.2. The van der Waals surface area contributed by atoms with Crippen LogP contribution in [-0.2, 0) is 17.9 Å². The van der Waals surface area contributed by atoms with Gasteiger partial charge in [-0.05, 0) is 30.7 Å². The molecule has 1 aromatic carbocycles. The summed E-state index contributed by atoms with van der Waals surface area (Å²) in [5.74, 6) is 1.64. The fraction of sp³-hybridized carbons (Fsp3) is 0.208. The van der Waals surface area contributed by atoms with Crippen molar-refractivity contribution in [3.8, 4) is 10.4 Å². The highest BCUT2D eigenvalue weighted by atomic mass is 32.2. The van der Waals surface area contributed by atoms with Gasteiger partial charge in [0.05, 0.1) is 17.8 Å². The molecule has 0 atom stereocenters. The number of rotatable bonds is 8. The van der Waals surface area contributed by atoms with Gasteiger partial charge in [0.2, 0.25) is 5.91 Å². The molecule has 0 fully saturated rings. The van der Waals surface area contributed by atoms with Gasteiger partial charge in [-0.1, -0.05) is 48.2 Å². The summed E-state index contributed by atoms with van der Waals surface area (Å²) in [5.41, 5.74) is 1.58. The van der Waals surface area contributed by atoms with Crippen LogP contribution < -0.4 is 5.56 Å². The van der Waals surface area contributed by atoms with Crippen molar-refractivity contribution in [1.29, 1.82) is 0 Å². The second-order valence-corrected chi connectivity index (χ2v) is 9.34. The van der Waals surface area contributed by atoms with Crippen molar-refractivity contribution >= 4 is 39.2 Å². The van der Waals surface area contributed by atoms with Crippen LogP contribution in [0.4, 0.5) is 0 Å². The van der Waals surface area contributed by atoms with Crippen molar-refractivity contribution in [2.24, 2.45) is 0 Å². The van der Waals surface area contributed by atoms with Gasteiger partial charge in [-0.15, -0.1) is 17.9 Å². The van der Waals surface area contributed by atoms with Gasteiger partial charge in [0.1, 0.15) is 16.2 Å². The molecular weight excluding hydrogens is 442 g/mol. The van der Waals surface area contributed by atoms with Crippen LogP contribution in [0.15, 0.2) is 75.6 Å². The lowest BCUT2D eigenvalue weighted by Crippen LogP contribution is -2.28. The monoisotopic (exact) mass is 465 g/mol. The molecule has 6 nitrogen and oxygen atoms in total. The number of aromatic nitrogens is 2. The highest BCUT2D eigenvalue weighted by Gasteiger charge is 2.17. The van der Waals surface area contributed by atoms with Crippen LogP contribution in [-0.4, -0.2) is 33.2 Å². The first-order valence-electron chi connectivity index (χ1n) is 10.1. The standard InChI is InChI=1S/C24H23N3O3S2/c1-4-12-27-23(29)22-19(13-20(32-22)17-8-6-5-7-9-17)25-24(27)31-15-21(28)26(3)14-18-11-10-16(2)30-18/h4-11,13H,1,12,14-15H2,2-3H3. The summed E-state index contributed by atoms with van der Waals surface area (Å²) < 4.78 is 7.73. The molecule has 3 aromatic heterocycles. The van der Waals surface area contributed by atoms with E-state index in [1.807, 2.05) is 55.5 Å². The maximum Gasteiger partial charge on any atom is 0.272 e. The van der Waals surface area contributed by atoms with E-state index in [1.165, 1.54) is 23.1 Å². The molecular formula is C24H23N3O3S2. The van der Waals surface area contributed by atoms with E-state index in [2.05, 4.69) is 6.58 Å². The number of aryl methyl sites for hydroxylation is 1. The summed E-state index contributed by atoms with van der Waals surface area (Å²) in [4.78, 5) is 33.2. The third-order valence-corrected chi connectivity index (χ3v) is 7.03. The van der Waals surface area contributed by atoms with Crippen LogP contribution in [0.1, 0.15) is 11.5 Å². The van der Waals surface area contributed by atoms with Crippen molar-refractivity contribution in [2.75, 3.05) is 12.8 Å². The minimum Gasteiger partial charge on any atom is -0.464 e. The quantitative estimate of drug-likeness (QED) is 0.209. The molecule has 8 heteroatoms. The molecule has 0 saturated carbocycles. The Bertz CT molecular complexity index is 1320. The smallest absolute Gasteiger partial charge is 0.272 e. The highest BCUT2D eigenvalue weighted by Crippen LogP contribution is 2.32. The van der Waals surface area contributed by atoms with Crippen molar-refractivity contribution in [3.63, 3.8) is 0 Å². The predicted octanol–water partition coefficient (Wildman–Crippen LogP) is 4.96. The first-order valence-corrected chi connectivity index (χ1v) is 11.9.